The Morgan fingerprint density at radius 1 is 1.00 bits per heavy atom. The van der Waals surface area contributed by atoms with Crippen LogP contribution in [0.1, 0.15) is 57.8 Å². The van der Waals surface area contributed by atoms with E-state index in [0.717, 1.165) is 37.0 Å². The Morgan fingerprint density at radius 2 is 1.58 bits per heavy atom. The lowest BCUT2D eigenvalue weighted by Gasteiger charge is -2.55. The van der Waals surface area contributed by atoms with E-state index in [0.29, 0.717) is 25.4 Å². The Hall–Kier alpha value is -1.10. The first-order chi connectivity index (χ1) is 11.5. The smallest absolute Gasteiger partial charge is 0.226 e. The summed E-state index contributed by atoms with van der Waals surface area (Å²) in [4.78, 5) is 24.7. The lowest BCUT2D eigenvalue weighted by molar-refractivity contribution is -0.146. The number of hydrogen-bond donors (Lipinski definition) is 3. The van der Waals surface area contributed by atoms with E-state index >= 15 is 0 Å². The highest BCUT2D eigenvalue weighted by Gasteiger charge is 2.54. The minimum Gasteiger partial charge on any atom is -0.355 e. The first-order valence-corrected chi connectivity index (χ1v) is 9.85. The maximum atomic E-state index is 12.8. The molecular weight excluding hydrogens is 302 g/mol. The quantitative estimate of drug-likeness (QED) is 0.661. The molecule has 5 nitrogen and oxygen atoms in total. The molecule has 0 aliphatic heterocycles. The summed E-state index contributed by atoms with van der Waals surface area (Å²) in [6, 6.07) is 0.0931. The van der Waals surface area contributed by atoms with Crippen LogP contribution in [0.3, 0.4) is 0 Å². The molecule has 0 spiro atoms. The highest BCUT2D eigenvalue weighted by atomic mass is 16.2. The molecule has 5 aliphatic carbocycles. The topological polar surface area (TPSA) is 84.2 Å². The Bertz CT molecular complexity index is 479. The fraction of sp³-hybridized carbons (Fsp3) is 0.895. The molecule has 134 valence electrons. The van der Waals surface area contributed by atoms with Crippen LogP contribution < -0.4 is 16.4 Å². The molecular formula is C19H31N3O2. The second-order valence-corrected chi connectivity index (χ2v) is 9.01. The monoisotopic (exact) mass is 333 g/mol. The van der Waals surface area contributed by atoms with Crippen LogP contribution in [-0.2, 0) is 9.59 Å². The highest BCUT2D eigenvalue weighted by Crippen LogP contribution is 2.60. The zero-order chi connectivity index (χ0) is 16.7. The lowest BCUT2D eigenvalue weighted by atomic mass is 9.49. The van der Waals surface area contributed by atoms with Gasteiger partial charge in [0.15, 0.2) is 0 Å². The van der Waals surface area contributed by atoms with Crippen molar-refractivity contribution in [2.24, 2.45) is 34.8 Å². The fourth-order valence-electron chi connectivity index (χ4n) is 5.88. The molecule has 0 heterocycles. The van der Waals surface area contributed by atoms with Crippen molar-refractivity contribution in [3.05, 3.63) is 0 Å². The Labute approximate surface area is 144 Å². The summed E-state index contributed by atoms with van der Waals surface area (Å²) >= 11 is 0. The van der Waals surface area contributed by atoms with Gasteiger partial charge in [-0.1, -0.05) is 0 Å². The van der Waals surface area contributed by atoms with Crippen LogP contribution >= 0.6 is 0 Å². The minimum absolute atomic E-state index is 0.00286. The number of nitrogens with one attached hydrogen (secondary N) is 2. The molecule has 5 heteroatoms. The van der Waals surface area contributed by atoms with Gasteiger partial charge in [-0.2, -0.15) is 0 Å². The highest BCUT2D eigenvalue weighted by molar-refractivity contribution is 5.84. The van der Waals surface area contributed by atoms with Gasteiger partial charge in [-0.15, -0.1) is 0 Å². The molecule has 5 fully saturated rings. The summed E-state index contributed by atoms with van der Waals surface area (Å²) in [6.45, 7) is 1.01. The zero-order valence-electron chi connectivity index (χ0n) is 14.6. The molecule has 0 aromatic heterocycles. The van der Waals surface area contributed by atoms with Crippen molar-refractivity contribution in [2.45, 2.75) is 63.8 Å². The maximum absolute atomic E-state index is 12.8. The van der Waals surface area contributed by atoms with Gasteiger partial charge in [0, 0.05) is 31.0 Å². The molecule has 4 bridgehead atoms. The largest absolute Gasteiger partial charge is 0.355 e. The zero-order valence-corrected chi connectivity index (χ0v) is 14.6. The van der Waals surface area contributed by atoms with Crippen LogP contribution in [0.5, 0.6) is 0 Å². The van der Waals surface area contributed by atoms with Crippen LogP contribution in [0.25, 0.3) is 0 Å². The van der Waals surface area contributed by atoms with E-state index in [2.05, 4.69) is 10.6 Å². The summed E-state index contributed by atoms with van der Waals surface area (Å²) in [6.07, 6.45) is 10.0. The Morgan fingerprint density at radius 3 is 2.12 bits per heavy atom. The van der Waals surface area contributed by atoms with Gasteiger partial charge in [-0.05, 0) is 75.0 Å². The average Bonchev–Trinajstić information content (AvgIpc) is 3.36. The molecule has 0 aromatic carbocycles. The van der Waals surface area contributed by atoms with Crippen molar-refractivity contribution in [3.8, 4) is 0 Å². The summed E-state index contributed by atoms with van der Waals surface area (Å²) in [7, 11) is 0. The number of hydrogen-bond acceptors (Lipinski definition) is 3. The molecule has 0 aromatic rings. The standard InChI is InChI=1S/C19H31N3O2/c20-16(15-1-2-15)11-22-17(23)3-4-21-18(24)19-8-12-5-13(9-19)7-14(6-12)10-19/h12-16H,1-11,20H2,(H,21,24)(H,22,23). The number of rotatable bonds is 7. The van der Waals surface area contributed by atoms with Gasteiger partial charge in [-0.3, -0.25) is 9.59 Å². The summed E-state index contributed by atoms with van der Waals surface area (Å²) in [5.74, 6) is 3.12. The van der Waals surface area contributed by atoms with Crippen molar-refractivity contribution in [3.63, 3.8) is 0 Å². The molecule has 1 atom stereocenters. The predicted octanol–water partition coefficient (Wildman–Crippen LogP) is 1.56. The van der Waals surface area contributed by atoms with Gasteiger partial charge in [0.05, 0.1) is 0 Å². The third-order valence-electron chi connectivity index (χ3n) is 6.92. The predicted molar refractivity (Wildman–Crippen MR) is 91.9 cm³/mol. The number of carbonyl (C=O) groups is 2. The number of nitrogens with two attached hydrogens (primary N) is 1. The van der Waals surface area contributed by atoms with E-state index < -0.39 is 0 Å². The van der Waals surface area contributed by atoms with Crippen LogP contribution in [-0.4, -0.2) is 30.9 Å². The first kappa shape index (κ1) is 16.4. The fourth-order valence-corrected chi connectivity index (χ4v) is 5.88. The van der Waals surface area contributed by atoms with Crippen molar-refractivity contribution in [1.82, 2.24) is 10.6 Å². The van der Waals surface area contributed by atoms with E-state index in [1.807, 2.05) is 0 Å². The van der Waals surface area contributed by atoms with Crippen LogP contribution in [0.2, 0.25) is 0 Å². The summed E-state index contributed by atoms with van der Waals surface area (Å²) < 4.78 is 0. The normalized spacial score (nSPS) is 38.0. The van der Waals surface area contributed by atoms with Crippen molar-refractivity contribution in [2.75, 3.05) is 13.1 Å². The molecule has 5 saturated carbocycles. The van der Waals surface area contributed by atoms with E-state index in [1.54, 1.807) is 0 Å². The van der Waals surface area contributed by atoms with Gasteiger partial charge in [0.2, 0.25) is 11.8 Å². The van der Waals surface area contributed by atoms with Crippen molar-refractivity contribution >= 4 is 11.8 Å². The molecule has 1 unspecified atom stereocenters. The molecule has 0 saturated heterocycles. The Balaban J connectivity index is 1.20. The van der Waals surface area contributed by atoms with E-state index in [4.69, 9.17) is 5.73 Å². The average molecular weight is 333 g/mol. The summed E-state index contributed by atoms with van der Waals surface area (Å²) in [5.41, 5.74) is 5.88. The Kier molecular flexibility index (Phi) is 4.31. The van der Waals surface area contributed by atoms with Gasteiger partial charge in [0.25, 0.3) is 0 Å². The SMILES string of the molecule is NC(CNC(=O)CCNC(=O)C12CC3CC(CC(C3)C1)C2)C1CC1. The van der Waals surface area contributed by atoms with Gasteiger partial charge >= 0.3 is 0 Å². The minimum atomic E-state index is -0.112. The molecule has 5 rings (SSSR count). The van der Waals surface area contributed by atoms with Crippen molar-refractivity contribution < 1.29 is 9.59 Å². The van der Waals surface area contributed by atoms with E-state index in [1.165, 1.54) is 32.1 Å². The molecule has 4 N–H and O–H groups in total. The third kappa shape index (κ3) is 3.32. The number of carbonyl (C=O) groups excluding carboxylic acids is 2. The van der Waals surface area contributed by atoms with Crippen LogP contribution in [0, 0.1) is 29.1 Å². The molecule has 0 radical (unpaired) electrons. The second-order valence-electron chi connectivity index (χ2n) is 9.01. The van der Waals surface area contributed by atoms with Crippen molar-refractivity contribution in [1.29, 1.82) is 0 Å². The molecule has 24 heavy (non-hydrogen) atoms. The van der Waals surface area contributed by atoms with Gasteiger partial charge < -0.3 is 16.4 Å². The molecule has 5 aliphatic rings. The summed E-state index contributed by atoms with van der Waals surface area (Å²) in [5, 5.41) is 5.96. The maximum Gasteiger partial charge on any atom is 0.226 e. The number of amides is 2. The van der Waals surface area contributed by atoms with Crippen LogP contribution in [0.15, 0.2) is 0 Å². The van der Waals surface area contributed by atoms with Gasteiger partial charge in [-0.25, -0.2) is 0 Å². The van der Waals surface area contributed by atoms with E-state index in [-0.39, 0.29) is 23.3 Å². The third-order valence-corrected chi connectivity index (χ3v) is 6.92. The van der Waals surface area contributed by atoms with E-state index in [9.17, 15) is 9.59 Å². The van der Waals surface area contributed by atoms with Crippen LogP contribution in [0.4, 0.5) is 0 Å². The lowest BCUT2D eigenvalue weighted by Crippen LogP contribution is -2.53. The second kappa shape index (κ2) is 6.32. The first-order valence-electron chi connectivity index (χ1n) is 9.85. The van der Waals surface area contributed by atoms with Gasteiger partial charge in [0.1, 0.15) is 0 Å². The molecule has 2 amide bonds.